The highest BCUT2D eigenvalue weighted by Crippen LogP contribution is 2.30. The monoisotopic (exact) mass is 366 g/mol. The molecule has 26 heavy (non-hydrogen) atoms. The summed E-state index contributed by atoms with van der Waals surface area (Å²) < 4.78 is 42.9. The topological polar surface area (TPSA) is 58.6 Å². The number of hydrogen-bond donors (Lipinski definition) is 1. The first kappa shape index (κ1) is 19.3. The quantitative estimate of drug-likeness (QED) is 0.822. The minimum absolute atomic E-state index is 0.0320. The van der Waals surface area contributed by atoms with E-state index in [-0.39, 0.29) is 11.3 Å². The van der Waals surface area contributed by atoms with Gasteiger partial charge in [0.1, 0.15) is 0 Å². The summed E-state index contributed by atoms with van der Waals surface area (Å²) in [5.74, 6) is -1.44. The van der Waals surface area contributed by atoms with Crippen molar-refractivity contribution in [2.24, 2.45) is 0 Å². The van der Waals surface area contributed by atoms with Crippen molar-refractivity contribution >= 4 is 23.3 Å². The Balaban J connectivity index is 1.95. The van der Waals surface area contributed by atoms with Crippen LogP contribution in [0, 0.1) is 0 Å². The molecule has 0 saturated heterocycles. The smallest absolute Gasteiger partial charge is 0.416 e. The first-order chi connectivity index (χ1) is 12.2. The summed E-state index contributed by atoms with van der Waals surface area (Å²) in [6.07, 6.45) is -4.51. The second-order valence-corrected chi connectivity index (χ2v) is 5.65. The molecule has 0 fully saturated rings. The molecule has 0 atom stereocenters. The fourth-order valence-corrected chi connectivity index (χ4v) is 2.10. The lowest BCUT2D eigenvalue weighted by molar-refractivity contribution is -0.137. The van der Waals surface area contributed by atoms with Gasteiger partial charge in [-0.05, 0) is 36.4 Å². The molecule has 0 heterocycles. The maximum atomic E-state index is 12.7. The third-order valence-corrected chi connectivity index (χ3v) is 3.41. The maximum Gasteiger partial charge on any atom is 0.416 e. The summed E-state index contributed by atoms with van der Waals surface area (Å²) in [6, 6.07) is 10.8. The first-order valence-electron chi connectivity index (χ1n) is 7.58. The van der Waals surface area contributed by atoms with Gasteiger partial charge in [-0.15, -0.1) is 0 Å². The van der Waals surface area contributed by atoms with Gasteiger partial charge >= 0.3 is 12.1 Å². The Morgan fingerprint density at radius 3 is 2.42 bits per heavy atom. The molecule has 0 aliphatic carbocycles. The van der Waals surface area contributed by atoms with Crippen molar-refractivity contribution in [3.63, 3.8) is 0 Å². The van der Waals surface area contributed by atoms with Gasteiger partial charge in [-0.3, -0.25) is 4.79 Å². The van der Waals surface area contributed by atoms with E-state index in [2.05, 4.69) is 5.32 Å². The molecule has 0 saturated carbocycles. The number of alkyl halides is 3. The first-order valence-corrected chi connectivity index (χ1v) is 7.58. The summed E-state index contributed by atoms with van der Waals surface area (Å²) in [5, 5.41) is 2.27. The number of halogens is 3. The summed E-state index contributed by atoms with van der Waals surface area (Å²) >= 11 is 0. The number of hydrogen-bond acceptors (Lipinski definition) is 4. The van der Waals surface area contributed by atoms with Crippen LogP contribution < -0.4 is 10.2 Å². The van der Waals surface area contributed by atoms with E-state index in [0.717, 1.165) is 17.8 Å². The number of nitrogens with zero attached hydrogens (tertiary/aromatic N) is 1. The van der Waals surface area contributed by atoms with Crippen LogP contribution in [0.15, 0.2) is 48.5 Å². The van der Waals surface area contributed by atoms with Crippen molar-refractivity contribution in [1.29, 1.82) is 0 Å². The average molecular weight is 366 g/mol. The molecular weight excluding hydrogens is 349 g/mol. The molecule has 2 aromatic rings. The lowest BCUT2D eigenvalue weighted by Gasteiger charge is -2.13. The van der Waals surface area contributed by atoms with E-state index in [1.54, 1.807) is 29.2 Å². The van der Waals surface area contributed by atoms with Gasteiger partial charge in [-0.1, -0.05) is 12.1 Å². The van der Waals surface area contributed by atoms with Crippen LogP contribution in [-0.2, 0) is 15.7 Å². The highest BCUT2D eigenvalue weighted by molar-refractivity contribution is 5.95. The second kappa shape index (κ2) is 7.90. The summed E-state index contributed by atoms with van der Waals surface area (Å²) in [6.45, 7) is -0.610. The fraction of sp³-hybridized carbons (Fsp3) is 0.222. The molecule has 5 nitrogen and oxygen atoms in total. The summed E-state index contributed by atoms with van der Waals surface area (Å²) in [4.78, 5) is 25.6. The van der Waals surface area contributed by atoms with Crippen LogP contribution in [0.5, 0.6) is 0 Å². The Labute approximate surface area is 148 Å². The highest BCUT2D eigenvalue weighted by Gasteiger charge is 2.30. The molecule has 0 spiro atoms. The van der Waals surface area contributed by atoms with Gasteiger partial charge in [-0.2, -0.15) is 13.2 Å². The van der Waals surface area contributed by atoms with E-state index in [0.29, 0.717) is 0 Å². The van der Waals surface area contributed by atoms with Crippen LogP contribution in [0.25, 0.3) is 0 Å². The van der Waals surface area contributed by atoms with Gasteiger partial charge in [0.2, 0.25) is 0 Å². The van der Waals surface area contributed by atoms with Crippen LogP contribution in [0.3, 0.4) is 0 Å². The standard InChI is InChI=1S/C18H17F3N2O3/c1-23(2)15-8-3-5-12(9-15)17(25)26-11-16(24)22-14-7-4-6-13(10-14)18(19,20)21/h3-10H,11H2,1-2H3,(H,22,24). The molecule has 2 rings (SSSR count). The predicted octanol–water partition coefficient (Wildman–Crippen LogP) is 3.57. The van der Waals surface area contributed by atoms with Gasteiger partial charge in [0.05, 0.1) is 11.1 Å². The van der Waals surface area contributed by atoms with Crippen LogP contribution in [0.1, 0.15) is 15.9 Å². The molecule has 1 amide bonds. The molecule has 0 unspecified atom stereocenters. The Morgan fingerprint density at radius 1 is 1.08 bits per heavy atom. The zero-order valence-corrected chi connectivity index (χ0v) is 14.1. The molecule has 138 valence electrons. The van der Waals surface area contributed by atoms with Crippen molar-refractivity contribution in [2.45, 2.75) is 6.18 Å². The molecule has 0 aliphatic rings. The lowest BCUT2D eigenvalue weighted by atomic mass is 10.2. The molecular formula is C18H17F3N2O3. The average Bonchev–Trinajstić information content (AvgIpc) is 2.59. The van der Waals surface area contributed by atoms with Gasteiger partial charge in [-0.25, -0.2) is 4.79 Å². The van der Waals surface area contributed by atoms with Crippen LogP contribution in [0.2, 0.25) is 0 Å². The van der Waals surface area contributed by atoms with E-state index in [9.17, 15) is 22.8 Å². The number of anilines is 2. The normalized spacial score (nSPS) is 11.0. The van der Waals surface area contributed by atoms with E-state index >= 15 is 0 Å². The van der Waals surface area contributed by atoms with Gasteiger partial charge in [0, 0.05) is 25.5 Å². The number of rotatable bonds is 5. The number of benzene rings is 2. The van der Waals surface area contributed by atoms with Crippen molar-refractivity contribution in [3.8, 4) is 0 Å². The number of carbonyl (C=O) groups is 2. The van der Waals surface area contributed by atoms with E-state index < -0.39 is 30.2 Å². The van der Waals surface area contributed by atoms with Gasteiger partial charge in [0.15, 0.2) is 6.61 Å². The highest BCUT2D eigenvalue weighted by atomic mass is 19.4. The van der Waals surface area contributed by atoms with E-state index in [1.165, 1.54) is 12.1 Å². The second-order valence-electron chi connectivity index (χ2n) is 5.65. The molecule has 0 radical (unpaired) electrons. The molecule has 1 N–H and O–H groups in total. The van der Waals surface area contributed by atoms with Crippen LogP contribution >= 0.6 is 0 Å². The Hall–Kier alpha value is -3.03. The largest absolute Gasteiger partial charge is 0.452 e. The Morgan fingerprint density at radius 2 is 1.77 bits per heavy atom. The molecule has 2 aromatic carbocycles. The minimum Gasteiger partial charge on any atom is -0.452 e. The number of nitrogens with one attached hydrogen (secondary N) is 1. The number of ether oxygens (including phenoxy) is 1. The third-order valence-electron chi connectivity index (χ3n) is 3.41. The van der Waals surface area contributed by atoms with E-state index in [1.807, 2.05) is 14.1 Å². The molecule has 0 aromatic heterocycles. The maximum absolute atomic E-state index is 12.7. The van der Waals surface area contributed by atoms with Gasteiger partial charge in [0.25, 0.3) is 5.91 Å². The Bertz CT molecular complexity index is 804. The Kier molecular flexibility index (Phi) is 5.86. The van der Waals surface area contributed by atoms with Crippen LogP contribution in [-0.4, -0.2) is 32.6 Å². The van der Waals surface area contributed by atoms with Crippen molar-refractivity contribution in [3.05, 3.63) is 59.7 Å². The molecule has 0 aliphatic heterocycles. The molecule has 0 bridgehead atoms. The van der Waals surface area contributed by atoms with Crippen molar-refractivity contribution < 1.29 is 27.5 Å². The minimum atomic E-state index is -4.51. The SMILES string of the molecule is CN(C)c1cccc(C(=O)OCC(=O)Nc2cccc(C(F)(F)F)c2)c1. The molecule has 8 heteroatoms. The number of amides is 1. The number of esters is 1. The third kappa shape index (κ3) is 5.23. The fourth-order valence-electron chi connectivity index (χ4n) is 2.10. The van der Waals surface area contributed by atoms with Gasteiger partial charge < -0.3 is 15.0 Å². The van der Waals surface area contributed by atoms with Crippen LogP contribution in [0.4, 0.5) is 24.5 Å². The lowest BCUT2D eigenvalue weighted by Crippen LogP contribution is -2.21. The predicted molar refractivity (Wildman–Crippen MR) is 91.1 cm³/mol. The van der Waals surface area contributed by atoms with E-state index in [4.69, 9.17) is 4.74 Å². The zero-order valence-electron chi connectivity index (χ0n) is 14.1. The van der Waals surface area contributed by atoms with Crippen molar-refractivity contribution in [1.82, 2.24) is 0 Å². The van der Waals surface area contributed by atoms with Crippen molar-refractivity contribution in [2.75, 3.05) is 30.9 Å². The summed E-state index contributed by atoms with van der Waals surface area (Å²) in [5.41, 5.74) is 0.138. The number of carbonyl (C=O) groups excluding carboxylic acids is 2. The zero-order chi connectivity index (χ0) is 19.3. The summed E-state index contributed by atoms with van der Waals surface area (Å²) in [7, 11) is 3.62.